The van der Waals surface area contributed by atoms with Gasteiger partial charge in [0.15, 0.2) is 5.82 Å². The molecule has 3 aromatic carbocycles. The average Bonchev–Trinajstić information content (AvgIpc) is 2.69. The third-order valence-corrected chi connectivity index (χ3v) is 4.58. The van der Waals surface area contributed by atoms with E-state index in [1.165, 1.54) is 30.7 Å². The summed E-state index contributed by atoms with van der Waals surface area (Å²) in [6, 6.07) is 14.0. The first kappa shape index (κ1) is 19.5. The van der Waals surface area contributed by atoms with E-state index in [1.807, 2.05) is 12.1 Å². The van der Waals surface area contributed by atoms with E-state index in [1.54, 1.807) is 12.1 Å². The average molecular weight is 379 g/mol. The first-order chi connectivity index (χ1) is 13.5. The quantitative estimate of drug-likeness (QED) is 0.302. The molecule has 0 saturated heterocycles. The van der Waals surface area contributed by atoms with Gasteiger partial charge in [0.25, 0.3) is 0 Å². The minimum absolute atomic E-state index is 0.0918. The summed E-state index contributed by atoms with van der Waals surface area (Å²) >= 11 is 0. The van der Waals surface area contributed by atoms with Crippen LogP contribution in [0.4, 0.5) is 8.78 Å². The lowest BCUT2D eigenvalue weighted by Gasteiger charge is -2.08. The molecule has 0 heterocycles. The van der Waals surface area contributed by atoms with Crippen molar-refractivity contribution in [1.82, 2.24) is 0 Å². The maximum absolute atomic E-state index is 14.2. The van der Waals surface area contributed by atoms with E-state index in [9.17, 15) is 13.6 Å². The molecule has 0 aliphatic rings. The lowest BCUT2D eigenvalue weighted by molar-refractivity contribution is 0.0735. The standard InChI is InChI=1S/C23H19F2NO2/c1-2-3-4-5-15-6-8-16(9-7-15)23(27)28-18-10-11-19-17(12-18)13-21(24)20(14-26)22(19)25/h6-13H,2-5H2,1H3. The third-order valence-electron chi connectivity index (χ3n) is 4.58. The number of esters is 1. The Hall–Kier alpha value is -3.26. The Balaban J connectivity index is 1.77. The molecule has 0 atom stereocenters. The van der Waals surface area contributed by atoms with E-state index in [4.69, 9.17) is 10.00 Å². The van der Waals surface area contributed by atoms with E-state index in [-0.39, 0.29) is 16.5 Å². The fourth-order valence-corrected chi connectivity index (χ4v) is 3.03. The van der Waals surface area contributed by atoms with Crippen LogP contribution in [0.25, 0.3) is 10.8 Å². The monoisotopic (exact) mass is 379 g/mol. The largest absolute Gasteiger partial charge is 0.423 e. The van der Waals surface area contributed by atoms with Gasteiger partial charge in [-0.3, -0.25) is 0 Å². The third kappa shape index (κ3) is 4.17. The van der Waals surface area contributed by atoms with Crippen molar-refractivity contribution >= 4 is 16.7 Å². The highest BCUT2D eigenvalue weighted by atomic mass is 19.1. The summed E-state index contributed by atoms with van der Waals surface area (Å²) in [4.78, 5) is 12.3. The number of carbonyl (C=O) groups excluding carboxylic acids is 1. The lowest BCUT2D eigenvalue weighted by atomic mass is 10.1. The smallest absolute Gasteiger partial charge is 0.343 e. The number of nitrogens with zero attached hydrogens (tertiary/aromatic N) is 1. The van der Waals surface area contributed by atoms with Crippen LogP contribution in [0.5, 0.6) is 5.75 Å². The van der Waals surface area contributed by atoms with Crippen molar-refractivity contribution in [1.29, 1.82) is 5.26 Å². The molecule has 0 N–H and O–H groups in total. The van der Waals surface area contributed by atoms with Crippen molar-refractivity contribution in [3.8, 4) is 11.8 Å². The maximum atomic E-state index is 14.2. The SMILES string of the molecule is CCCCCc1ccc(C(=O)Oc2ccc3c(F)c(C#N)c(F)cc3c2)cc1. The van der Waals surface area contributed by atoms with Crippen molar-refractivity contribution in [3.05, 3.63) is 76.9 Å². The summed E-state index contributed by atoms with van der Waals surface area (Å²) < 4.78 is 33.3. The highest BCUT2D eigenvalue weighted by Gasteiger charge is 2.15. The minimum Gasteiger partial charge on any atom is -0.423 e. The fourth-order valence-electron chi connectivity index (χ4n) is 3.03. The van der Waals surface area contributed by atoms with E-state index in [0.717, 1.165) is 30.9 Å². The second kappa shape index (κ2) is 8.62. The van der Waals surface area contributed by atoms with Gasteiger partial charge in [-0.15, -0.1) is 0 Å². The van der Waals surface area contributed by atoms with Crippen LogP contribution < -0.4 is 4.74 Å². The van der Waals surface area contributed by atoms with Gasteiger partial charge in [-0.2, -0.15) is 5.26 Å². The Bertz CT molecular complexity index is 1050. The zero-order chi connectivity index (χ0) is 20.1. The summed E-state index contributed by atoms with van der Waals surface area (Å²) in [6.07, 6.45) is 4.40. The first-order valence-corrected chi connectivity index (χ1v) is 9.16. The molecule has 0 fully saturated rings. The molecule has 0 radical (unpaired) electrons. The number of rotatable bonds is 6. The van der Waals surface area contributed by atoms with Gasteiger partial charge in [0.05, 0.1) is 5.56 Å². The van der Waals surface area contributed by atoms with E-state index in [2.05, 4.69) is 6.92 Å². The zero-order valence-corrected chi connectivity index (χ0v) is 15.5. The van der Waals surface area contributed by atoms with Crippen molar-refractivity contribution < 1.29 is 18.3 Å². The molecule has 0 aromatic heterocycles. The highest BCUT2D eigenvalue weighted by molar-refractivity contribution is 5.92. The summed E-state index contributed by atoms with van der Waals surface area (Å²) in [7, 11) is 0. The molecular formula is C23H19F2NO2. The molecule has 0 saturated carbocycles. The maximum Gasteiger partial charge on any atom is 0.343 e. The number of ether oxygens (including phenoxy) is 1. The number of hydrogen-bond donors (Lipinski definition) is 0. The number of aryl methyl sites for hydroxylation is 1. The molecule has 0 spiro atoms. The van der Waals surface area contributed by atoms with Gasteiger partial charge in [-0.25, -0.2) is 13.6 Å². The Morgan fingerprint density at radius 3 is 2.50 bits per heavy atom. The molecule has 0 aliphatic heterocycles. The van der Waals surface area contributed by atoms with Crippen LogP contribution >= 0.6 is 0 Å². The number of unbranched alkanes of at least 4 members (excludes halogenated alkanes) is 2. The minimum atomic E-state index is -0.949. The predicted molar refractivity (Wildman–Crippen MR) is 103 cm³/mol. The second-order valence-corrected chi connectivity index (χ2v) is 6.59. The molecule has 3 nitrogen and oxygen atoms in total. The molecule has 0 amide bonds. The number of halogens is 2. The summed E-state index contributed by atoms with van der Waals surface area (Å²) in [5, 5.41) is 9.14. The van der Waals surface area contributed by atoms with E-state index < -0.39 is 23.2 Å². The molecule has 0 bridgehead atoms. The Labute approximate surface area is 162 Å². The van der Waals surface area contributed by atoms with Gasteiger partial charge >= 0.3 is 5.97 Å². The molecular weight excluding hydrogens is 360 g/mol. The van der Waals surface area contributed by atoms with E-state index in [0.29, 0.717) is 5.56 Å². The van der Waals surface area contributed by atoms with Crippen LogP contribution in [-0.2, 0) is 6.42 Å². The molecule has 28 heavy (non-hydrogen) atoms. The molecule has 0 aliphatic carbocycles. The zero-order valence-electron chi connectivity index (χ0n) is 15.5. The molecule has 3 aromatic rings. The predicted octanol–water partition coefficient (Wildman–Crippen LogP) is 5.94. The Morgan fingerprint density at radius 2 is 1.82 bits per heavy atom. The topological polar surface area (TPSA) is 50.1 Å². The van der Waals surface area contributed by atoms with Crippen LogP contribution in [-0.4, -0.2) is 5.97 Å². The van der Waals surface area contributed by atoms with Crippen molar-refractivity contribution in [2.45, 2.75) is 32.6 Å². The Kier molecular flexibility index (Phi) is 6.00. The van der Waals surface area contributed by atoms with Gasteiger partial charge in [-0.05, 0) is 60.2 Å². The summed E-state index contributed by atoms with van der Waals surface area (Å²) in [5.41, 5.74) is 0.933. The van der Waals surface area contributed by atoms with Crippen LogP contribution in [0.1, 0.15) is 47.7 Å². The molecule has 142 valence electrons. The number of fused-ring (bicyclic) bond motifs is 1. The lowest BCUT2D eigenvalue weighted by Crippen LogP contribution is -2.08. The van der Waals surface area contributed by atoms with Crippen LogP contribution in [0, 0.1) is 23.0 Å². The first-order valence-electron chi connectivity index (χ1n) is 9.16. The molecule has 5 heteroatoms. The number of benzene rings is 3. The van der Waals surface area contributed by atoms with E-state index >= 15 is 0 Å². The van der Waals surface area contributed by atoms with Crippen molar-refractivity contribution in [2.75, 3.05) is 0 Å². The normalized spacial score (nSPS) is 10.6. The van der Waals surface area contributed by atoms with Gasteiger partial charge in [0.1, 0.15) is 23.2 Å². The van der Waals surface area contributed by atoms with Gasteiger partial charge in [0.2, 0.25) is 0 Å². The van der Waals surface area contributed by atoms with Gasteiger partial charge < -0.3 is 4.74 Å². The number of nitriles is 1. The number of hydrogen-bond acceptors (Lipinski definition) is 3. The van der Waals surface area contributed by atoms with Crippen molar-refractivity contribution in [2.24, 2.45) is 0 Å². The molecule has 3 rings (SSSR count). The van der Waals surface area contributed by atoms with Crippen LogP contribution in [0.15, 0.2) is 48.5 Å². The number of carbonyl (C=O) groups is 1. The highest BCUT2D eigenvalue weighted by Crippen LogP contribution is 2.27. The second-order valence-electron chi connectivity index (χ2n) is 6.59. The fraction of sp³-hybridized carbons (Fsp3) is 0.217. The van der Waals surface area contributed by atoms with Gasteiger partial charge in [-0.1, -0.05) is 31.9 Å². The summed E-state index contributed by atoms with van der Waals surface area (Å²) in [6.45, 7) is 2.15. The molecule has 0 unspecified atom stereocenters. The Morgan fingerprint density at radius 1 is 1.07 bits per heavy atom. The van der Waals surface area contributed by atoms with Gasteiger partial charge in [0, 0.05) is 5.39 Å². The summed E-state index contributed by atoms with van der Waals surface area (Å²) in [5.74, 6) is -2.24. The van der Waals surface area contributed by atoms with Crippen LogP contribution in [0.2, 0.25) is 0 Å². The van der Waals surface area contributed by atoms with Crippen LogP contribution in [0.3, 0.4) is 0 Å². The van der Waals surface area contributed by atoms with Crippen molar-refractivity contribution in [3.63, 3.8) is 0 Å².